The summed E-state index contributed by atoms with van der Waals surface area (Å²) >= 11 is 0. The molecule has 1 aromatic carbocycles. The summed E-state index contributed by atoms with van der Waals surface area (Å²) in [6, 6.07) is 5.27. The monoisotopic (exact) mass is 377 g/mol. The van der Waals surface area contributed by atoms with Crippen molar-refractivity contribution in [3.05, 3.63) is 77.6 Å². The summed E-state index contributed by atoms with van der Waals surface area (Å²) in [6.45, 7) is 0. The van der Waals surface area contributed by atoms with Crippen LogP contribution in [-0.2, 0) is 6.42 Å². The van der Waals surface area contributed by atoms with Crippen molar-refractivity contribution in [2.75, 3.05) is 0 Å². The Morgan fingerprint density at radius 3 is 2.48 bits per heavy atom. The minimum Gasteiger partial charge on any atom is -0.454 e. The maximum atomic E-state index is 13.8. The Hall–Kier alpha value is -3.36. The molecule has 138 valence electrons. The highest BCUT2D eigenvalue weighted by Gasteiger charge is 2.18. The quantitative estimate of drug-likeness (QED) is 0.473. The molecule has 2 aromatic heterocycles. The van der Waals surface area contributed by atoms with Crippen LogP contribution in [0.3, 0.4) is 0 Å². The maximum absolute atomic E-state index is 13.8. The van der Waals surface area contributed by atoms with Crippen LogP contribution in [0.1, 0.15) is 28.2 Å². The van der Waals surface area contributed by atoms with E-state index >= 15 is 0 Å². The van der Waals surface area contributed by atoms with Crippen molar-refractivity contribution >= 4 is 5.78 Å². The first-order valence-corrected chi connectivity index (χ1v) is 7.62. The number of hydrogen-bond acceptors (Lipinski definition) is 5. The molecule has 0 saturated carbocycles. The lowest BCUT2D eigenvalue weighted by Gasteiger charge is -2.08. The third-order valence-electron chi connectivity index (χ3n) is 3.45. The van der Waals surface area contributed by atoms with Crippen LogP contribution in [0.4, 0.5) is 17.6 Å². The first-order chi connectivity index (χ1) is 12.9. The number of pyridine rings is 1. The highest BCUT2D eigenvalue weighted by Crippen LogP contribution is 2.24. The smallest absolute Gasteiger partial charge is 0.283 e. The number of alkyl halides is 2. The van der Waals surface area contributed by atoms with Crippen molar-refractivity contribution in [1.29, 1.82) is 0 Å². The number of halogens is 4. The molecule has 0 spiro atoms. The first-order valence-electron chi connectivity index (χ1n) is 7.62. The molecule has 0 atom stereocenters. The second kappa shape index (κ2) is 7.90. The molecule has 3 rings (SSSR count). The van der Waals surface area contributed by atoms with Crippen LogP contribution in [0.15, 0.2) is 49.1 Å². The Labute approximate surface area is 150 Å². The second-order valence-corrected chi connectivity index (χ2v) is 5.42. The van der Waals surface area contributed by atoms with Crippen LogP contribution in [0, 0.1) is 11.6 Å². The molecule has 0 fully saturated rings. The molecule has 0 amide bonds. The van der Waals surface area contributed by atoms with Crippen LogP contribution in [0.2, 0.25) is 0 Å². The Bertz CT molecular complexity index is 968. The van der Waals surface area contributed by atoms with Crippen molar-refractivity contribution in [3.63, 3.8) is 0 Å². The molecule has 0 aliphatic heterocycles. The summed E-state index contributed by atoms with van der Waals surface area (Å²) in [7, 11) is 0. The van der Waals surface area contributed by atoms with Gasteiger partial charge in [-0.15, -0.1) is 0 Å². The summed E-state index contributed by atoms with van der Waals surface area (Å²) in [5, 5.41) is 0. The van der Waals surface area contributed by atoms with E-state index in [1.807, 2.05) is 0 Å². The van der Waals surface area contributed by atoms with E-state index in [0.29, 0.717) is 0 Å². The van der Waals surface area contributed by atoms with Crippen LogP contribution in [0.25, 0.3) is 0 Å². The Morgan fingerprint density at radius 2 is 1.78 bits per heavy atom. The predicted octanol–water partition coefficient (Wildman–Crippen LogP) is 4.31. The van der Waals surface area contributed by atoms with Gasteiger partial charge in [0.05, 0.1) is 18.8 Å². The van der Waals surface area contributed by atoms with Crippen LogP contribution in [-0.4, -0.2) is 20.7 Å². The molecular weight excluding hydrogens is 366 g/mol. The first kappa shape index (κ1) is 18.4. The van der Waals surface area contributed by atoms with Gasteiger partial charge < -0.3 is 4.74 Å². The van der Waals surface area contributed by atoms with Crippen LogP contribution >= 0.6 is 0 Å². The highest BCUT2D eigenvalue weighted by molar-refractivity contribution is 5.97. The Kier molecular flexibility index (Phi) is 5.39. The third-order valence-corrected chi connectivity index (χ3v) is 3.45. The zero-order valence-electron chi connectivity index (χ0n) is 13.6. The van der Waals surface area contributed by atoms with E-state index in [-0.39, 0.29) is 22.8 Å². The van der Waals surface area contributed by atoms with Gasteiger partial charge in [-0.3, -0.25) is 4.79 Å². The van der Waals surface area contributed by atoms with Gasteiger partial charge in [-0.1, -0.05) is 0 Å². The fraction of sp³-hybridized carbons (Fsp3) is 0.111. The lowest BCUT2D eigenvalue weighted by molar-refractivity contribution is 0.0989. The SMILES string of the molecule is O=C(Cc1ccc(F)c(C(F)F)n1)c1cc(F)cc(Oc2cncnc2)c1. The Balaban J connectivity index is 1.82. The summed E-state index contributed by atoms with van der Waals surface area (Å²) in [5.41, 5.74) is -1.14. The molecule has 5 nitrogen and oxygen atoms in total. The molecule has 27 heavy (non-hydrogen) atoms. The number of Topliss-reactive ketones (excluding diaryl/α,β-unsaturated/α-hetero) is 1. The minimum absolute atomic E-state index is 0.0356. The van der Waals surface area contributed by atoms with E-state index in [0.717, 1.165) is 24.3 Å². The number of carbonyl (C=O) groups is 1. The van der Waals surface area contributed by atoms with E-state index in [1.165, 1.54) is 24.8 Å². The molecule has 0 bridgehead atoms. The zero-order chi connectivity index (χ0) is 19.4. The number of ketones is 1. The van der Waals surface area contributed by atoms with Gasteiger partial charge in [0, 0.05) is 17.3 Å². The van der Waals surface area contributed by atoms with Gasteiger partial charge in [-0.2, -0.15) is 0 Å². The van der Waals surface area contributed by atoms with Crippen LogP contribution < -0.4 is 4.74 Å². The largest absolute Gasteiger partial charge is 0.454 e. The molecule has 0 saturated heterocycles. The predicted molar refractivity (Wildman–Crippen MR) is 85.7 cm³/mol. The summed E-state index contributed by atoms with van der Waals surface area (Å²) in [4.78, 5) is 23.3. The molecule has 9 heteroatoms. The lowest BCUT2D eigenvalue weighted by Crippen LogP contribution is -2.08. The van der Waals surface area contributed by atoms with Gasteiger partial charge in [0.25, 0.3) is 6.43 Å². The average molecular weight is 377 g/mol. The maximum Gasteiger partial charge on any atom is 0.283 e. The molecule has 0 aliphatic rings. The van der Waals surface area contributed by atoms with Gasteiger partial charge in [0.2, 0.25) is 0 Å². The number of rotatable bonds is 6. The topological polar surface area (TPSA) is 65.0 Å². The van der Waals surface area contributed by atoms with E-state index in [1.54, 1.807) is 0 Å². The Morgan fingerprint density at radius 1 is 1.04 bits per heavy atom. The zero-order valence-corrected chi connectivity index (χ0v) is 13.6. The van der Waals surface area contributed by atoms with E-state index in [2.05, 4.69) is 15.0 Å². The van der Waals surface area contributed by atoms with E-state index < -0.39 is 36.0 Å². The van der Waals surface area contributed by atoms with Crippen molar-refractivity contribution in [1.82, 2.24) is 15.0 Å². The summed E-state index contributed by atoms with van der Waals surface area (Å²) in [6.07, 6.45) is 0.484. The summed E-state index contributed by atoms with van der Waals surface area (Å²) in [5.74, 6) is -2.21. The fourth-order valence-corrected chi connectivity index (χ4v) is 2.28. The van der Waals surface area contributed by atoms with E-state index in [9.17, 15) is 22.4 Å². The molecule has 0 aliphatic carbocycles. The summed E-state index contributed by atoms with van der Waals surface area (Å²) < 4.78 is 57.9. The normalized spacial score (nSPS) is 10.9. The van der Waals surface area contributed by atoms with Gasteiger partial charge in [0.1, 0.15) is 23.6 Å². The molecule has 2 heterocycles. The number of nitrogens with zero attached hydrogens (tertiary/aromatic N) is 3. The standard InChI is InChI=1S/C18H11F4N3O2/c19-11-3-10(4-13(5-11)27-14-7-23-9-24-8-14)16(26)6-12-1-2-15(20)17(25-12)18(21)22/h1-5,7-9,18H,6H2. The number of benzene rings is 1. The van der Waals surface area contributed by atoms with E-state index in [4.69, 9.17) is 4.74 Å². The van der Waals surface area contributed by atoms with Gasteiger partial charge in [-0.05, 0) is 24.3 Å². The van der Waals surface area contributed by atoms with Crippen molar-refractivity contribution < 1.29 is 27.1 Å². The average Bonchev–Trinajstić information content (AvgIpc) is 2.63. The number of hydrogen-bond donors (Lipinski definition) is 0. The highest BCUT2D eigenvalue weighted by atomic mass is 19.3. The molecule has 0 unspecified atom stereocenters. The number of aromatic nitrogens is 3. The van der Waals surface area contributed by atoms with Crippen molar-refractivity contribution in [2.24, 2.45) is 0 Å². The van der Waals surface area contributed by atoms with Crippen molar-refractivity contribution in [2.45, 2.75) is 12.8 Å². The van der Waals surface area contributed by atoms with Crippen molar-refractivity contribution in [3.8, 4) is 11.5 Å². The van der Waals surface area contributed by atoms with Gasteiger partial charge >= 0.3 is 0 Å². The molecule has 0 radical (unpaired) electrons. The van der Waals surface area contributed by atoms with Gasteiger partial charge in [-0.25, -0.2) is 32.5 Å². The number of ether oxygens (including phenoxy) is 1. The minimum atomic E-state index is -3.11. The molecule has 0 N–H and O–H groups in total. The van der Waals surface area contributed by atoms with Gasteiger partial charge in [0.15, 0.2) is 17.3 Å². The fourth-order valence-electron chi connectivity index (χ4n) is 2.28. The third kappa shape index (κ3) is 4.63. The molecule has 3 aromatic rings. The second-order valence-electron chi connectivity index (χ2n) is 5.42. The number of carbonyl (C=O) groups excluding carboxylic acids is 1. The molecular formula is C18H11F4N3O2. The van der Waals surface area contributed by atoms with Crippen LogP contribution in [0.5, 0.6) is 11.5 Å². The lowest BCUT2D eigenvalue weighted by atomic mass is 10.1.